The van der Waals surface area contributed by atoms with Crippen molar-refractivity contribution in [2.75, 3.05) is 36.8 Å². The minimum Gasteiger partial charge on any atom is -0.397 e. The topological polar surface area (TPSA) is 62.5 Å². The number of hydrogen-bond acceptors (Lipinski definition) is 4. The molecule has 0 saturated carbocycles. The lowest BCUT2D eigenvalue weighted by Gasteiger charge is -2.35. The molecule has 1 aromatic carbocycles. The molecular formula is C16H17FN4O. The summed E-state index contributed by atoms with van der Waals surface area (Å²) < 4.78 is 13.2. The van der Waals surface area contributed by atoms with Gasteiger partial charge in [-0.15, -0.1) is 0 Å². The van der Waals surface area contributed by atoms with Gasteiger partial charge in [0.15, 0.2) is 0 Å². The molecule has 6 heteroatoms. The summed E-state index contributed by atoms with van der Waals surface area (Å²) >= 11 is 0. The summed E-state index contributed by atoms with van der Waals surface area (Å²) in [5, 5.41) is 0. The van der Waals surface area contributed by atoms with Gasteiger partial charge >= 0.3 is 0 Å². The van der Waals surface area contributed by atoms with Gasteiger partial charge in [0.2, 0.25) is 0 Å². The standard InChI is InChI=1S/C16H17FN4O/c17-13-3-1-2-12(10-13)16(22)21-8-6-20(7-9-21)15-5-4-14(18)11-19-15/h1-5,10-11H,6-9,18H2. The summed E-state index contributed by atoms with van der Waals surface area (Å²) in [6.07, 6.45) is 1.62. The number of anilines is 2. The number of rotatable bonds is 2. The van der Waals surface area contributed by atoms with Crippen molar-refractivity contribution in [3.05, 3.63) is 54.0 Å². The number of hydrogen-bond donors (Lipinski definition) is 1. The molecule has 0 atom stereocenters. The molecule has 0 unspecified atom stereocenters. The Bertz CT molecular complexity index is 666. The molecule has 114 valence electrons. The van der Waals surface area contributed by atoms with Crippen LogP contribution < -0.4 is 10.6 Å². The SMILES string of the molecule is Nc1ccc(N2CCN(C(=O)c3cccc(F)c3)CC2)nc1. The minimum atomic E-state index is -0.393. The fourth-order valence-electron chi connectivity index (χ4n) is 2.53. The molecule has 1 saturated heterocycles. The van der Waals surface area contributed by atoms with Crippen LogP contribution in [0, 0.1) is 5.82 Å². The van der Waals surface area contributed by atoms with Crippen LogP contribution in [0.4, 0.5) is 15.9 Å². The smallest absolute Gasteiger partial charge is 0.254 e. The molecule has 0 aliphatic carbocycles. The molecule has 0 radical (unpaired) electrons. The molecule has 1 amide bonds. The maximum absolute atomic E-state index is 13.2. The van der Waals surface area contributed by atoms with E-state index in [9.17, 15) is 9.18 Å². The zero-order valence-electron chi connectivity index (χ0n) is 12.1. The zero-order chi connectivity index (χ0) is 15.5. The molecule has 1 aromatic heterocycles. The normalized spacial score (nSPS) is 15.0. The lowest BCUT2D eigenvalue weighted by Crippen LogP contribution is -2.49. The molecule has 1 aliphatic heterocycles. The van der Waals surface area contributed by atoms with Gasteiger partial charge in [-0.25, -0.2) is 9.37 Å². The largest absolute Gasteiger partial charge is 0.397 e. The van der Waals surface area contributed by atoms with Crippen LogP contribution in [0.1, 0.15) is 10.4 Å². The maximum Gasteiger partial charge on any atom is 0.254 e. The average molecular weight is 300 g/mol. The highest BCUT2D eigenvalue weighted by Gasteiger charge is 2.22. The molecule has 0 bridgehead atoms. The first-order valence-corrected chi connectivity index (χ1v) is 7.15. The fourth-order valence-corrected chi connectivity index (χ4v) is 2.53. The van der Waals surface area contributed by atoms with Crippen molar-refractivity contribution in [1.29, 1.82) is 0 Å². The van der Waals surface area contributed by atoms with Crippen molar-refractivity contribution in [3.63, 3.8) is 0 Å². The van der Waals surface area contributed by atoms with Gasteiger partial charge in [0.1, 0.15) is 11.6 Å². The predicted octanol–water partition coefficient (Wildman–Crippen LogP) is 1.77. The summed E-state index contributed by atoms with van der Waals surface area (Å²) in [7, 11) is 0. The Hall–Kier alpha value is -2.63. The summed E-state index contributed by atoms with van der Waals surface area (Å²) in [6, 6.07) is 9.49. The Morgan fingerprint density at radius 3 is 2.55 bits per heavy atom. The van der Waals surface area contributed by atoms with E-state index in [0.717, 1.165) is 5.82 Å². The number of carbonyl (C=O) groups is 1. The third-order valence-electron chi connectivity index (χ3n) is 3.73. The van der Waals surface area contributed by atoms with Crippen LogP contribution in [0.5, 0.6) is 0 Å². The van der Waals surface area contributed by atoms with Gasteiger partial charge in [-0.2, -0.15) is 0 Å². The number of amides is 1. The quantitative estimate of drug-likeness (QED) is 0.918. The van der Waals surface area contributed by atoms with Gasteiger partial charge in [0.25, 0.3) is 5.91 Å². The molecule has 2 N–H and O–H groups in total. The molecule has 0 spiro atoms. The highest BCUT2D eigenvalue weighted by molar-refractivity contribution is 5.94. The van der Waals surface area contributed by atoms with Crippen molar-refractivity contribution in [3.8, 4) is 0 Å². The molecule has 3 rings (SSSR count). The summed E-state index contributed by atoms with van der Waals surface area (Å²) in [5.41, 5.74) is 6.65. The first-order valence-electron chi connectivity index (χ1n) is 7.15. The predicted molar refractivity (Wildman–Crippen MR) is 83.2 cm³/mol. The van der Waals surface area contributed by atoms with E-state index in [-0.39, 0.29) is 5.91 Å². The number of nitrogen functional groups attached to an aromatic ring is 1. The monoisotopic (exact) mass is 300 g/mol. The van der Waals surface area contributed by atoms with Gasteiger partial charge in [-0.3, -0.25) is 4.79 Å². The van der Waals surface area contributed by atoms with Crippen LogP contribution in [0.15, 0.2) is 42.6 Å². The van der Waals surface area contributed by atoms with E-state index in [2.05, 4.69) is 9.88 Å². The van der Waals surface area contributed by atoms with Gasteiger partial charge in [-0.05, 0) is 30.3 Å². The van der Waals surface area contributed by atoms with Crippen molar-refractivity contribution < 1.29 is 9.18 Å². The summed E-state index contributed by atoms with van der Waals surface area (Å²) in [6.45, 7) is 2.55. The van der Waals surface area contributed by atoms with Crippen LogP contribution in [-0.4, -0.2) is 42.0 Å². The second-order valence-corrected chi connectivity index (χ2v) is 5.24. The van der Waals surface area contributed by atoms with Crippen LogP contribution in [0.2, 0.25) is 0 Å². The average Bonchev–Trinajstić information content (AvgIpc) is 2.55. The zero-order valence-corrected chi connectivity index (χ0v) is 12.1. The number of nitrogens with two attached hydrogens (primary N) is 1. The number of piperazine rings is 1. The number of aromatic nitrogens is 1. The van der Waals surface area contributed by atoms with E-state index in [4.69, 9.17) is 5.73 Å². The Balaban J connectivity index is 1.64. The van der Waals surface area contributed by atoms with E-state index in [1.165, 1.54) is 12.1 Å². The fraction of sp³-hybridized carbons (Fsp3) is 0.250. The van der Waals surface area contributed by atoms with Crippen molar-refractivity contribution >= 4 is 17.4 Å². The van der Waals surface area contributed by atoms with Gasteiger partial charge < -0.3 is 15.5 Å². The molecule has 22 heavy (non-hydrogen) atoms. The van der Waals surface area contributed by atoms with Crippen LogP contribution in [-0.2, 0) is 0 Å². The first kappa shape index (κ1) is 14.3. The van der Waals surface area contributed by atoms with Gasteiger partial charge in [-0.1, -0.05) is 6.07 Å². The van der Waals surface area contributed by atoms with Crippen LogP contribution in [0.3, 0.4) is 0 Å². The Morgan fingerprint density at radius 1 is 1.14 bits per heavy atom. The number of pyridine rings is 1. The van der Waals surface area contributed by atoms with Crippen LogP contribution in [0.25, 0.3) is 0 Å². The second-order valence-electron chi connectivity index (χ2n) is 5.24. The van der Waals surface area contributed by atoms with E-state index < -0.39 is 5.82 Å². The number of nitrogens with zero attached hydrogens (tertiary/aromatic N) is 3. The highest BCUT2D eigenvalue weighted by Crippen LogP contribution is 2.16. The third kappa shape index (κ3) is 3.00. The molecular weight excluding hydrogens is 283 g/mol. The first-order chi connectivity index (χ1) is 10.6. The summed E-state index contributed by atoms with van der Waals surface area (Å²) in [5.74, 6) is 0.326. The third-order valence-corrected chi connectivity index (χ3v) is 3.73. The maximum atomic E-state index is 13.2. The van der Waals surface area contributed by atoms with E-state index in [1.807, 2.05) is 12.1 Å². The molecule has 5 nitrogen and oxygen atoms in total. The van der Waals surface area contributed by atoms with Crippen molar-refractivity contribution in [1.82, 2.24) is 9.88 Å². The van der Waals surface area contributed by atoms with E-state index in [0.29, 0.717) is 37.4 Å². The highest BCUT2D eigenvalue weighted by atomic mass is 19.1. The number of benzene rings is 1. The Labute approximate surface area is 128 Å². The van der Waals surface area contributed by atoms with E-state index >= 15 is 0 Å². The molecule has 2 aromatic rings. The lowest BCUT2D eigenvalue weighted by atomic mass is 10.1. The molecule has 2 heterocycles. The van der Waals surface area contributed by atoms with E-state index in [1.54, 1.807) is 23.2 Å². The van der Waals surface area contributed by atoms with Crippen molar-refractivity contribution in [2.45, 2.75) is 0 Å². The summed E-state index contributed by atoms with van der Waals surface area (Å²) in [4.78, 5) is 20.5. The van der Waals surface area contributed by atoms with Gasteiger partial charge in [0.05, 0.1) is 11.9 Å². The molecule has 1 aliphatic rings. The number of halogens is 1. The Morgan fingerprint density at radius 2 is 1.91 bits per heavy atom. The lowest BCUT2D eigenvalue weighted by molar-refractivity contribution is 0.0746. The minimum absolute atomic E-state index is 0.135. The second kappa shape index (κ2) is 6.01. The van der Waals surface area contributed by atoms with Gasteiger partial charge in [0, 0.05) is 31.7 Å². The van der Waals surface area contributed by atoms with Crippen LogP contribution >= 0.6 is 0 Å². The Kier molecular flexibility index (Phi) is 3.91. The number of carbonyl (C=O) groups excluding carboxylic acids is 1. The molecule has 1 fully saturated rings. The van der Waals surface area contributed by atoms with Crippen molar-refractivity contribution in [2.24, 2.45) is 0 Å².